The quantitative estimate of drug-likeness (QED) is 0.747. The van der Waals surface area contributed by atoms with Gasteiger partial charge in [-0.1, -0.05) is 30.3 Å². The van der Waals surface area contributed by atoms with Crippen LogP contribution < -0.4 is 4.90 Å². The third-order valence-corrected chi connectivity index (χ3v) is 8.81. The van der Waals surface area contributed by atoms with Crippen molar-refractivity contribution in [3.05, 3.63) is 41.7 Å². The molecule has 5 aliphatic rings. The molecule has 5 nitrogen and oxygen atoms in total. The second kappa shape index (κ2) is 7.33. The monoisotopic (exact) mass is 422 g/mol. The Bertz CT molecular complexity index is 883. The summed E-state index contributed by atoms with van der Waals surface area (Å²) in [7, 11) is 0. The van der Waals surface area contributed by atoms with Crippen molar-refractivity contribution in [2.45, 2.75) is 44.9 Å². The van der Waals surface area contributed by atoms with Gasteiger partial charge in [-0.25, -0.2) is 4.98 Å². The highest BCUT2D eigenvalue weighted by Crippen LogP contribution is 2.60. The summed E-state index contributed by atoms with van der Waals surface area (Å²) in [6, 6.07) is 10.4. The number of carbonyl (C=O) groups is 1. The van der Waals surface area contributed by atoms with E-state index in [1.807, 2.05) is 6.07 Å². The third-order valence-electron chi connectivity index (χ3n) is 7.99. The van der Waals surface area contributed by atoms with Crippen LogP contribution >= 0.6 is 11.5 Å². The predicted molar refractivity (Wildman–Crippen MR) is 119 cm³/mol. The molecule has 7 rings (SSSR count). The van der Waals surface area contributed by atoms with Crippen LogP contribution in [0.15, 0.2) is 30.3 Å². The van der Waals surface area contributed by atoms with Crippen LogP contribution in [0.4, 0.5) is 5.13 Å². The molecule has 0 atom stereocenters. The lowest BCUT2D eigenvalue weighted by Gasteiger charge is -2.57. The van der Waals surface area contributed by atoms with Crippen LogP contribution in [0.5, 0.6) is 0 Å². The first-order chi connectivity index (χ1) is 14.7. The van der Waals surface area contributed by atoms with Crippen molar-refractivity contribution in [3.8, 4) is 0 Å². The Morgan fingerprint density at radius 2 is 1.60 bits per heavy atom. The van der Waals surface area contributed by atoms with E-state index in [1.165, 1.54) is 36.4 Å². The zero-order valence-electron chi connectivity index (χ0n) is 17.5. The van der Waals surface area contributed by atoms with E-state index in [-0.39, 0.29) is 5.41 Å². The predicted octanol–water partition coefficient (Wildman–Crippen LogP) is 3.99. The first kappa shape index (κ1) is 18.8. The SMILES string of the molecule is O=C(N1CCN(c2nc(Cc3ccccc3)ns2)CC1)C12CC3CC(CC(C3)C1)C2. The number of anilines is 1. The van der Waals surface area contributed by atoms with E-state index in [0.29, 0.717) is 5.91 Å². The number of piperazine rings is 1. The third kappa shape index (κ3) is 3.33. The summed E-state index contributed by atoms with van der Waals surface area (Å²) in [5.74, 6) is 3.85. The number of amides is 1. The smallest absolute Gasteiger partial charge is 0.228 e. The molecular formula is C24H30N4OS. The molecule has 0 spiro atoms. The standard InChI is InChI=1S/C24H30N4OS/c29-22(24-14-18-10-19(15-24)12-20(11-18)16-24)27-6-8-28(9-7-27)23-25-21(26-30-23)13-17-4-2-1-3-5-17/h1-5,18-20H,6-16H2. The fourth-order valence-corrected chi connectivity index (χ4v) is 7.77. The van der Waals surface area contributed by atoms with Crippen molar-refractivity contribution in [3.63, 3.8) is 0 Å². The molecule has 6 heteroatoms. The van der Waals surface area contributed by atoms with Gasteiger partial charge in [0.05, 0.1) is 5.41 Å². The number of rotatable bonds is 4. The van der Waals surface area contributed by atoms with Gasteiger partial charge in [-0.3, -0.25) is 4.79 Å². The Labute approximate surface area is 182 Å². The van der Waals surface area contributed by atoms with Crippen molar-refractivity contribution >= 4 is 22.6 Å². The normalized spacial score (nSPS) is 32.6. The van der Waals surface area contributed by atoms with E-state index in [2.05, 4.69) is 38.4 Å². The summed E-state index contributed by atoms with van der Waals surface area (Å²) in [4.78, 5) is 22.9. The fraction of sp³-hybridized carbons (Fsp3) is 0.625. The largest absolute Gasteiger partial charge is 0.343 e. The number of aromatic nitrogens is 2. The van der Waals surface area contributed by atoms with Crippen LogP contribution in [-0.2, 0) is 11.2 Å². The highest BCUT2D eigenvalue weighted by molar-refractivity contribution is 7.09. The molecule has 4 saturated carbocycles. The fourth-order valence-electron chi connectivity index (χ4n) is 7.03. The first-order valence-corrected chi connectivity index (χ1v) is 12.3. The van der Waals surface area contributed by atoms with Crippen LogP contribution in [0, 0.1) is 23.2 Å². The minimum absolute atomic E-state index is 0.0114. The van der Waals surface area contributed by atoms with Gasteiger partial charge >= 0.3 is 0 Å². The minimum atomic E-state index is -0.0114. The maximum Gasteiger partial charge on any atom is 0.228 e. The summed E-state index contributed by atoms with van der Waals surface area (Å²) < 4.78 is 4.58. The van der Waals surface area contributed by atoms with E-state index < -0.39 is 0 Å². The number of carbonyl (C=O) groups excluding carboxylic acids is 1. The Kier molecular flexibility index (Phi) is 4.59. The molecule has 1 saturated heterocycles. The molecule has 0 N–H and O–H groups in total. The molecule has 2 aromatic rings. The molecule has 1 aromatic heterocycles. The highest BCUT2D eigenvalue weighted by Gasteiger charge is 2.55. The van der Waals surface area contributed by atoms with E-state index in [4.69, 9.17) is 4.98 Å². The summed E-state index contributed by atoms with van der Waals surface area (Å²) in [6.45, 7) is 3.40. The van der Waals surface area contributed by atoms with Crippen molar-refractivity contribution in [1.82, 2.24) is 14.3 Å². The van der Waals surface area contributed by atoms with Gasteiger partial charge in [0, 0.05) is 44.1 Å². The Hall–Kier alpha value is -1.95. The number of hydrogen-bond acceptors (Lipinski definition) is 5. The lowest BCUT2D eigenvalue weighted by atomic mass is 9.49. The molecule has 5 fully saturated rings. The van der Waals surface area contributed by atoms with Crippen LogP contribution in [-0.4, -0.2) is 46.3 Å². The van der Waals surface area contributed by atoms with Crippen molar-refractivity contribution < 1.29 is 4.79 Å². The molecule has 0 radical (unpaired) electrons. The zero-order valence-corrected chi connectivity index (χ0v) is 18.3. The van der Waals surface area contributed by atoms with E-state index in [9.17, 15) is 4.79 Å². The molecule has 0 unspecified atom stereocenters. The first-order valence-electron chi connectivity index (χ1n) is 11.6. The van der Waals surface area contributed by atoms with Gasteiger partial charge in [0.2, 0.25) is 11.0 Å². The van der Waals surface area contributed by atoms with Gasteiger partial charge in [-0.2, -0.15) is 4.37 Å². The zero-order chi connectivity index (χ0) is 20.1. The second-order valence-electron chi connectivity index (χ2n) is 10.1. The molecular weight excluding hydrogens is 392 g/mol. The van der Waals surface area contributed by atoms with Gasteiger partial charge in [0.1, 0.15) is 5.82 Å². The van der Waals surface area contributed by atoms with Crippen LogP contribution in [0.1, 0.15) is 49.9 Å². The Balaban J connectivity index is 1.09. The maximum absolute atomic E-state index is 13.6. The van der Waals surface area contributed by atoms with Gasteiger partial charge < -0.3 is 9.80 Å². The summed E-state index contributed by atoms with van der Waals surface area (Å²) >= 11 is 1.49. The number of nitrogens with zero attached hydrogens (tertiary/aromatic N) is 4. The Morgan fingerprint density at radius 3 is 2.23 bits per heavy atom. The molecule has 30 heavy (non-hydrogen) atoms. The number of benzene rings is 1. The topological polar surface area (TPSA) is 49.3 Å². The summed E-state index contributed by atoms with van der Waals surface area (Å²) in [5, 5.41) is 1.00. The van der Waals surface area contributed by atoms with Gasteiger partial charge in [0.25, 0.3) is 0 Å². The molecule has 158 valence electrons. The van der Waals surface area contributed by atoms with E-state index in [1.54, 1.807) is 0 Å². The Morgan fingerprint density at radius 1 is 0.967 bits per heavy atom. The van der Waals surface area contributed by atoms with Crippen molar-refractivity contribution in [1.29, 1.82) is 0 Å². The summed E-state index contributed by atoms with van der Waals surface area (Å²) in [6.07, 6.45) is 8.45. The molecule has 1 aliphatic heterocycles. The molecule has 4 aliphatic carbocycles. The minimum Gasteiger partial charge on any atom is -0.343 e. The van der Waals surface area contributed by atoms with Crippen molar-refractivity contribution in [2.24, 2.45) is 23.2 Å². The van der Waals surface area contributed by atoms with Crippen LogP contribution in [0.25, 0.3) is 0 Å². The van der Waals surface area contributed by atoms with Gasteiger partial charge in [-0.05, 0) is 61.8 Å². The van der Waals surface area contributed by atoms with Crippen LogP contribution in [0.3, 0.4) is 0 Å². The molecule has 4 bridgehead atoms. The molecule has 1 amide bonds. The highest BCUT2D eigenvalue weighted by atomic mass is 32.1. The molecule has 1 aromatic carbocycles. The number of hydrogen-bond donors (Lipinski definition) is 0. The van der Waals surface area contributed by atoms with E-state index >= 15 is 0 Å². The lowest BCUT2D eigenvalue weighted by Crippen LogP contribution is -2.58. The average molecular weight is 423 g/mol. The second-order valence-corrected chi connectivity index (χ2v) is 10.9. The lowest BCUT2D eigenvalue weighted by molar-refractivity contribution is -0.158. The van der Waals surface area contributed by atoms with Crippen LogP contribution in [0.2, 0.25) is 0 Å². The molecule has 2 heterocycles. The average Bonchev–Trinajstić information content (AvgIpc) is 3.21. The van der Waals surface area contributed by atoms with Gasteiger partial charge in [0.15, 0.2) is 0 Å². The van der Waals surface area contributed by atoms with E-state index in [0.717, 1.165) is 80.6 Å². The van der Waals surface area contributed by atoms with Gasteiger partial charge in [-0.15, -0.1) is 0 Å². The summed E-state index contributed by atoms with van der Waals surface area (Å²) in [5.41, 5.74) is 1.23. The maximum atomic E-state index is 13.6. The van der Waals surface area contributed by atoms with Crippen molar-refractivity contribution in [2.75, 3.05) is 31.1 Å².